The Balaban J connectivity index is 0.945. The highest BCUT2D eigenvalue weighted by Gasteiger charge is 2.68. The first-order valence-electron chi connectivity index (χ1n) is 16.3. The molecular formula is C36H29N7O6. The standard InChI is InChI=1S/C36H29N7O6/c1-49-34(47)26-12-21-31(40-26)29(44)13-30-36(21)14-16(36)15-43(30)33(46)25-11-19-17-6-8-41(27(17)4-2-22(19)39-25)32(45)24-10-20-18-7-9-42(35(37)48)28(18)5-3-23(20)38-24/h2-5,10-13,16,38-40H,6-9,14-15H2,1H3,(H2,37,48)/t16-,36-/m1/s1. The number of H-pyrrole nitrogens is 3. The molecule has 1 spiro atoms. The molecule has 13 nitrogen and oxygen atoms in total. The fraction of sp³-hybridized carbons (Fsp3) is 0.250. The molecule has 0 bridgehead atoms. The molecular weight excluding hydrogens is 626 g/mol. The number of amides is 4. The van der Waals surface area contributed by atoms with Crippen molar-refractivity contribution in [3.05, 3.63) is 93.7 Å². The van der Waals surface area contributed by atoms with Crippen LogP contribution in [0.1, 0.15) is 65.1 Å². The lowest BCUT2D eigenvalue weighted by Gasteiger charge is -2.27. The third-order valence-corrected chi connectivity index (χ3v) is 11.2. The number of nitrogens with two attached hydrogens (primary N) is 1. The predicted molar refractivity (Wildman–Crippen MR) is 178 cm³/mol. The third kappa shape index (κ3) is 3.56. The monoisotopic (exact) mass is 655 g/mol. The van der Waals surface area contributed by atoms with E-state index in [1.165, 1.54) is 13.2 Å². The zero-order valence-corrected chi connectivity index (χ0v) is 26.3. The number of anilines is 2. The second-order valence-electron chi connectivity index (χ2n) is 13.5. The maximum absolute atomic E-state index is 14.1. The molecule has 3 aromatic heterocycles. The molecule has 0 radical (unpaired) electrons. The second-order valence-corrected chi connectivity index (χ2v) is 13.5. The van der Waals surface area contributed by atoms with Gasteiger partial charge < -0.3 is 35.2 Å². The Labute approximate surface area is 277 Å². The second kappa shape index (κ2) is 9.28. The summed E-state index contributed by atoms with van der Waals surface area (Å²) >= 11 is 0. The zero-order valence-electron chi connectivity index (χ0n) is 26.3. The lowest BCUT2D eigenvalue weighted by Crippen LogP contribution is -2.33. The van der Waals surface area contributed by atoms with E-state index in [-0.39, 0.29) is 29.2 Å². The van der Waals surface area contributed by atoms with Gasteiger partial charge in [-0.25, -0.2) is 9.59 Å². The van der Waals surface area contributed by atoms with E-state index < -0.39 is 17.4 Å². The number of ketones is 1. The number of benzene rings is 2. The molecule has 2 aliphatic carbocycles. The van der Waals surface area contributed by atoms with Gasteiger partial charge in [0.2, 0.25) is 5.78 Å². The van der Waals surface area contributed by atoms with Gasteiger partial charge in [0, 0.05) is 70.0 Å². The number of aromatic amines is 3. The van der Waals surface area contributed by atoms with Crippen molar-refractivity contribution in [3.63, 3.8) is 0 Å². The van der Waals surface area contributed by atoms with Gasteiger partial charge in [-0.05, 0) is 84.3 Å². The van der Waals surface area contributed by atoms with Gasteiger partial charge in [0.25, 0.3) is 11.8 Å². The molecule has 5 aromatic rings. The average Bonchev–Trinajstić information content (AvgIpc) is 3.82. The molecule has 3 aliphatic heterocycles. The summed E-state index contributed by atoms with van der Waals surface area (Å²) in [5, 5.41) is 1.78. The number of rotatable bonds is 3. The lowest BCUT2D eigenvalue weighted by molar-refractivity contribution is 0.0594. The SMILES string of the molecule is COC(=O)c1cc2c([nH]1)C(=O)C=C1N(C(=O)c3cc4c5c(ccc4[nH]3)N(C(=O)c3cc4c6c(ccc4[nH]3)N(C(N)=O)CC6)CC5)C[C@H]3C[C@]123. The quantitative estimate of drug-likeness (QED) is 0.214. The maximum atomic E-state index is 14.1. The Hall–Kier alpha value is -6.11. The van der Waals surface area contributed by atoms with Gasteiger partial charge in [0.15, 0.2) is 0 Å². The molecule has 4 amide bonds. The molecule has 6 heterocycles. The molecule has 10 rings (SSSR count). The van der Waals surface area contributed by atoms with Crippen molar-refractivity contribution in [2.24, 2.45) is 11.7 Å². The molecule has 2 fully saturated rings. The van der Waals surface area contributed by atoms with Gasteiger partial charge in [-0.15, -0.1) is 0 Å². The number of carbonyl (C=O) groups is 5. The van der Waals surface area contributed by atoms with Gasteiger partial charge in [-0.3, -0.25) is 19.3 Å². The zero-order chi connectivity index (χ0) is 33.5. The number of nitrogens with one attached hydrogen (secondary N) is 3. The molecule has 1 saturated heterocycles. The van der Waals surface area contributed by atoms with Crippen LogP contribution in [0.3, 0.4) is 0 Å². The van der Waals surface area contributed by atoms with Crippen LogP contribution >= 0.6 is 0 Å². The van der Waals surface area contributed by atoms with E-state index >= 15 is 0 Å². The highest BCUT2D eigenvalue weighted by Crippen LogP contribution is 2.66. The average molecular weight is 656 g/mol. The van der Waals surface area contributed by atoms with Gasteiger partial charge in [-0.1, -0.05) is 0 Å². The van der Waals surface area contributed by atoms with E-state index in [1.54, 1.807) is 20.8 Å². The largest absolute Gasteiger partial charge is 0.464 e. The number of hydrogen-bond donors (Lipinski definition) is 4. The van der Waals surface area contributed by atoms with Gasteiger partial charge >= 0.3 is 12.0 Å². The van der Waals surface area contributed by atoms with E-state index in [0.717, 1.165) is 56.3 Å². The van der Waals surface area contributed by atoms with Crippen molar-refractivity contribution in [3.8, 4) is 0 Å². The number of ether oxygens (including phenoxy) is 1. The topological polar surface area (TPSA) is 178 Å². The minimum absolute atomic E-state index is 0.150. The highest BCUT2D eigenvalue weighted by atomic mass is 16.5. The van der Waals surface area contributed by atoms with Crippen LogP contribution < -0.4 is 15.5 Å². The number of likely N-dealkylation sites (tertiary alicyclic amines) is 1. The van der Waals surface area contributed by atoms with Crippen molar-refractivity contribution >= 4 is 62.8 Å². The minimum atomic E-state index is -0.545. The van der Waals surface area contributed by atoms with E-state index in [0.29, 0.717) is 55.3 Å². The van der Waals surface area contributed by atoms with Crippen LogP contribution in [0.15, 0.2) is 54.2 Å². The smallest absolute Gasteiger partial charge is 0.354 e. The number of primary amides is 1. The fourth-order valence-corrected chi connectivity index (χ4v) is 8.89. The Kier molecular flexibility index (Phi) is 5.29. The Morgan fingerprint density at radius 1 is 0.816 bits per heavy atom. The summed E-state index contributed by atoms with van der Waals surface area (Å²) in [4.78, 5) is 79.7. The van der Waals surface area contributed by atoms with Crippen molar-refractivity contribution in [1.82, 2.24) is 19.9 Å². The summed E-state index contributed by atoms with van der Waals surface area (Å²) < 4.78 is 4.86. The van der Waals surface area contributed by atoms with Crippen LogP contribution in [0.25, 0.3) is 21.8 Å². The van der Waals surface area contributed by atoms with Crippen LogP contribution in [-0.2, 0) is 23.0 Å². The molecule has 0 unspecified atom stereocenters. The molecule has 5 N–H and O–H groups in total. The lowest BCUT2D eigenvalue weighted by atomic mass is 9.85. The highest BCUT2D eigenvalue weighted by molar-refractivity contribution is 6.12. The normalized spacial score (nSPS) is 21.4. The number of piperidine rings is 1. The molecule has 13 heteroatoms. The van der Waals surface area contributed by atoms with Gasteiger partial charge in [0.05, 0.1) is 12.8 Å². The van der Waals surface area contributed by atoms with Crippen molar-refractivity contribution < 1.29 is 28.7 Å². The van der Waals surface area contributed by atoms with E-state index in [4.69, 9.17) is 10.5 Å². The van der Waals surface area contributed by atoms with E-state index in [1.807, 2.05) is 36.4 Å². The Bertz CT molecular complexity index is 2450. The summed E-state index contributed by atoms with van der Waals surface area (Å²) in [6.45, 7) is 1.47. The summed E-state index contributed by atoms with van der Waals surface area (Å²) in [5.41, 5.74) is 13.1. The van der Waals surface area contributed by atoms with Crippen molar-refractivity contribution in [2.45, 2.75) is 24.7 Å². The first-order chi connectivity index (χ1) is 23.7. The van der Waals surface area contributed by atoms with Crippen molar-refractivity contribution in [1.29, 1.82) is 0 Å². The van der Waals surface area contributed by atoms with Crippen LogP contribution in [0, 0.1) is 5.92 Å². The maximum Gasteiger partial charge on any atom is 0.354 e. The number of urea groups is 1. The molecule has 244 valence electrons. The molecule has 1 saturated carbocycles. The fourth-order valence-electron chi connectivity index (χ4n) is 8.89. The molecule has 49 heavy (non-hydrogen) atoms. The number of fused-ring (bicyclic) bond motifs is 7. The van der Waals surface area contributed by atoms with Crippen LogP contribution in [0.2, 0.25) is 0 Å². The number of hydrogen-bond acceptors (Lipinski definition) is 6. The third-order valence-electron chi connectivity index (χ3n) is 11.2. The van der Waals surface area contributed by atoms with Crippen LogP contribution in [0.5, 0.6) is 0 Å². The Morgan fingerprint density at radius 3 is 2.06 bits per heavy atom. The molecule has 2 atom stereocenters. The summed E-state index contributed by atoms with van der Waals surface area (Å²) in [5.74, 6) is -1.06. The van der Waals surface area contributed by atoms with Gasteiger partial charge in [0.1, 0.15) is 17.1 Å². The summed E-state index contributed by atoms with van der Waals surface area (Å²) in [6.07, 6.45) is 3.62. The number of methoxy groups -OCH3 is 1. The van der Waals surface area contributed by atoms with E-state index in [2.05, 4.69) is 15.0 Å². The summed E-state index contributed by atoms with van der Waals surface area (Å²) in [7, 11) is 1.29. The first-order valence-corrected chi connectivity index (χ1v) is 16.3. The van der Waals surface area contributed by atoms with Crippen LogP contribution in [0.4, 0.5) is 16.2 Å². The number of esters is 1. The number of allylic oxidation sites excluding steroid dienone is 2. The first kappa shape index (κ1) is 28.0. The number of nitrogens with zero attached hydrogens (tertiary/aromatic N) is 3. The van der Waals surface area contributed by atoms with Gasteiger partial charge in [-0.2, -0.15) is 0 Å². The van der Waals surface area contributed by atoms with E-state index in [9.17, 15) is 24.0 Å². The summed E-state index contributed by atoms with van der Waals surface area (Å²) in [6, 6.07) is 12.4. The molecule has 2 aromatic carbocycles. The minimum Gasteiger partial charge on any atom is -0.464 e. The Morgan fingerprint density at radius 2 is 1.43 bits per heavy atom. The predicted octanol–water partition coefficient (Wildman–Crippen LogP) is 3.90. The number of aromatic nitrogens is 3. The molecule has 5 aliphatic rings. The van der Waals surface area contributed by atoms with Crippen LogP contribution in [-0.4, -0.2) is 76.2 Å². The van der Waals surface area contributed by atoms with Crippen molar-refractivity contribution in [2.75, 3.05) is 36.5 Å². The number of carbonyl (C=O) groups excluding carboxylic acids is 5.